The highest BCUT2D eigenvalue weighted by molar-refractivity contribution is 9.10. The summed E-state index contributed by atoms with van der Waals surface area (Å²) >= 11 is 3.46. The van der Waals surface area contributed by atoms with Crippen molar-refractivity contribution in [2.45, 2.75) is 13.0 Å². The monoisotopic (exact) mass is 271 g/mol. The molecule has 4 heteroatoms. The lowest BCUT2D eigenvalue weighted by molar-refractivity contribution is -0.137. The van der Waals surface area contributed by atoms with Gasteiger partial charge in [-0.1, -0.05) is 34.1 Å². The summed E-state index contributed by atoms with van der Waals surface area (Å²) in [4.78, 5) is 12.4. The van der Waals surface area contributed by atoms with Crippen molar-refractivity contribution in [2.75, 3.05) is 13.6 Å². The van der Waals surface area contributed by atoms with Crippen molar-refractivity contribution in [2.24, 2.45) is 0 Å². The van der Waals surface area contributed by atoms with Crippen molar-refractivity contribution in [1.82, 2.24) is 4.90 Å². The number of carbonyl (C=O) groups is 1. The predicted octanol–water partition coefficient (Wildman–Crippen LogP) is 2.36. The number of carboxylic acids is 1. The first kappa shape index (κ1) is 12.2. The number of hydrogen-bond donors (Lipinski definition) is 1. The van der Waals surface area contributed by atoms with Crippen LogP contribution in [-0.2, 0) is 11.3 Å². The van der Waals surface area contributed by atoms with Crippen LogP contribution in [0.15, 0.2) is 28.7 Å². The molecule has 0 spiro atoms. The van der Waals surface area contributed by atoms with Crippen LogP contribution in [0.3, 0.4) is 0 Å². The maximum atomic E-state index is 10.4. The van der Waals surface area contributed by atoms with Gasteiger partial charge in [0.2, 0.25) is 0 Å². The molecule has 0 bridgehead atoms. The topological polar surface area (TPSA) is 40.5 Å². The van der Waals surface area contributed by atoms with Gasteiger partial charge in [0.15, 0.2) is 0 Å². The first-order chi connectivity index (χ1) is 7.09. The van der Waals surface area contributed by atoms with Crippen molar-refractivity contribution in [3.63, 3.8) is 0 Å². The normalized spacial score (nSPS) is 10.6. The lowest BCUT2D eigenvalue weighted by atomic mass is 10.2. The first-order valence-electron chi connectivity index (χ1n) is 4.73. The van der Waals surface area contributed by atoms with Crippen molar-refractivity contribution in [1.29, 1.82) is 0 Å². The summed E-state index contributed by atoms with van der Waals surface area (Å²) in [5.74, 6) is -0.756. The molecular weight excluding hydrogens is 258 g/mol. The maximum absolute atomic E-state index is 10.4. The van der Waals surface area contributed by atoms with E-state index in [4.69, 9.17) is 5.11 Å². The van der Waals surface area contributed by atoms with Crippen LogP contribution in [0.2, 0.25) is 0 Å². The molecule has 0 aliphatic heterocycles. The van der Waals surface area contributed by atoms with Crippen LogP contribution in [0.1, 0.15) is 12.0 Å². The minimum atomic E-state index is -0.756. The zero-order chi connectivity index (χ0) is 11.3. The van der Waals surface area contributed by atoms with Crippen molar-refractivity contribution >= 4 is 21.9 Å². The number of aliphatic carboxylic acids is 1. The van der Waals surface area contributed by atoms with E-state index in [9.17, 15) is 4.79 Å². The fraction of sp³-hybridized carbons (Fsp3) is 0.364. The number of benzene rings is 1. The summed E-state index contributed by atoms with van der Waals surface area (Å²) in [6.07, 6.45) is 0.182. The Balaban J connectivity index is 2.47. The first-order valence-corrected chi connectivity index (χ1v) is 5.52. The van der Waals surface area contributed by atoms with Crippen LogP contribution in [0.4, 0.5) is 0 Å². The van der Waals surface area contributed by atoms with E-state index in [-0.39, 0.29) is 6.42 Å². The van der Waals surface area contributed by atoms with Crippen LogP contribution >= 0.6 is 15.9 Å². The Morgan fingerprint density at radius 3 is 2.73 bits per heavy atom. The van der Waals surface area contributed by atoms with Gasteiger partial charge in [-0.15, -0.1) is 0 Å². The third-order valence-electron chi connectivity index (χ3n) is 2.11. The molecule has 0 saturated heterocycles. The second-order valence-corrected chi connectivity index (χ2v) is 4.33. The Kier molecular flexibility index (Phi) is 4.78. The Morgan fingerprint density at radius 1 is 1.47 bits per heavy atom. The van der Waals surface area contributed by atoms with Gasteiger partial charge in [-0.25, -0.2) is 0 Å². The Labute approximate surface area is 97.8 Å². The summed E-state index contributed by atoms with van der Waals surface area (Å²) in [6, 6.07) is 7.96. The molecule has 1 rings (SSSR count). The highest BCUT2D eigenvalue weighted by atomic mass is 79.9. The van der Waals surface area contributed by atoms with E-state index in [1.807, 2.05) is 36.2 Å². The van der Waals surface area contributed by atoms with E-state index in [1.54, 1.807) is 0 Å². The molecule has 3 nitrogen and oxygen atoms in total. The summed E-state index contributed by atoms with van der Waals surface area (Å²) in [6.45, 7) is 1.32. The molecule has 82 valence electrons. The molecule has 15 heavy (non-hydrogen) atoms. The average Bonchev–Trinajstić information content (AvgIpc) is 2.18. The number of carboxylic acid groups (broad SMARTS) is 1. The van der Waals surface area contributed by atoms with Gasteiger partial charge >= 0.3 is 5.97 Å². The van der Waals surface area contributed by atoms with E-state index >= 15 is 0 Å². The highest BCUT2D eigenvalue weighted by Crippen LogP contribution is 2.17. The minimum Gasteiger partial charge on any atom is -0.481 e. The maximum Gasteiger partial charge on any atom is 0.304 e. The molecule has 0 aliphatic rings. The molecule has 1 aromatic carbocycles. The largest absolute Gasteiger partial charge is 0.481 e. The number of rotatable bonds is 5. The van der Waals surface area contributed by atoms with Crippen LogP contribution in [0, 0.1) is 0 Å². The number of halogens is 1. The van der Waals surface area contributed by atoms with Gasteiger partial charge in [0, 0.05) is 17.6 Å². The second-order valence-electron chi connectivity index (χ2n) is 3.47. The summed E-state index contributed by atoms with van der Waals surface area (Å²) < 4.78 is 1.06. The minimum absolute atomic E-state index is 0.182. The van der Waals surface area contributed by atoms with E-state index in [0.717, 1.165) is 11.0 Å². The fourth-order valence-corrected chi connectivity index (χ4v) is 1.69. The quantitative estimate of drug-likeness (QED) is 0.894. The van der Waals surface area contributed by atoms with Crippen LogP contribution in [-0.4, -0.2) is 29.6 Å². The molecule has 0 unspecified atom stereocenters. The fourth-order valence-electron chi connectivity index (χ4n) is 1.28. The van der Waals surface area contributed by atoms with E-state index in [1.165, 1.54) is 5.56 Å². The Bertz CT molecular complexity index is 341. The number of nitrogens with zero attached hydrogens (tertiary/aromatic N) is 1. The molecule has 0 atom stereocenters. The molecular formula is C11H14BrNO2. The zero-order valence-electron chi connectivity index (χ0n) is 8.61. The third-order valence-corrected chi connectivity index (χ3v) is 2.88. The molecule has 0 amide bonds. The van der Waals surface area contributed by atoms with Gasteiger partial charge in [-0.3, -0.25) is 4.79 Å². The van der Waals surface area contributed by atoms with Gasteiger partial charge in [0.1, 0.15) is 0 Å². The van der Waals surface area contributed by atoms with E-state index in [0.29, 0.717) is 6.54 Å². The highest BCUT2D eigenvalue weighted by Gasteiger charge is 2.05. The van der Waals surface area contributed by atoms with Gasteiger partial charge < -0.3 is 10.0 Å². The molecule has 0 aliphatic carbocycles. The third kappa shape index (κ3) is 4.44. The molecule has 0 aromatic heterocycles. The SMILES string of the molecule is CN(CCC(=O)O)Cc1ccccc1Br. The van der Waals surface area contributed by atoms with Crippen molar-refractivity contribution in [3.8, 4) is 0 Å². The lowest BCUT2D eigenvalue weighted by Crippen LogP contribution is -2.21. The molecule has 0 radical (unpaired) electrons. The Morgan fingerprint density at radius 2 is 2.13 bits per heavy atom. The average molecular weight is 272 g/mol. The van der Waals surface area contributed by atoms with E-state index < -0.39 is 5.97 Å². The smallest absolute Gasteiger partial charge is 0.304 e. The second kappa shape index (κ2) is 5.88. The van der Waals surface area contributed by atoms with Crippen LogP contribution < -0.4 is 0 Å². The summed E-state index contributed by atoms with van der Waals surface area (Å²) in [7, 11) is 1.92. The van der Waals surface area contributed by atoms with Crippen LogP contribution in [0.5, 0.6) is 0 Å². The van der Waals surface area contributed by atoms with E-state index in [2.05, 4.69) is 15.9 Å². The Hall–Kier alpha value is -0.870. The molecule has 1 N–H and O–H groups in total. The zero-order valence-corrected chi connectivity index (χ0v) is 10.2. The molecule has 0 fully saturated rings. The number of hydrogen-bond acceptors (Lipinski definition) is 2. The van der Waals surface area contributed by atoms with Crippen molar-refractivity contribution in [3.05, 3.63) is 34.3 Å². The van der Waals surface area contributed by atoms with Gasteiger partial charge in [0.05, 0.1) is 6.42 Å². The molecule has 1 aromatic rings. The summed E-state index contributed by atoms with van der Waals surface area (Å²) in [5.41, 5.74) is 1.17. The van der Waals surface area contributed by atoms with Crippen LogP contribution in [0.25, 0.3) is 0 Å². The lowest BCUT2D eigenvalue weighted by Gasteiger charge is -2.16. The van der Waals surface area contributed by atoms with Gasteiger partial charge in [0.25, 0.3) is 0 Å². The molecule has 0 saturated carbocycles. The van der Waals surface area contributed by atoms with Gasteiger partial charge in [-0.2, -0.15) is 0 Å². The molecule has 0 heterocycles. The van der Waals surface area contributed by atoms with Gasteiger partial charge in [-0.05, 0) is 18.7 Å². The predicted molar refractivity (Wildman–Crippen MR) is 62.7 cm³/mol. The standard InChI is InChI=1S/C11H14BrNO2/c1-13(7-6-11(14)15)8-9-4-2-3-5-10(9)12/h2-5H,6-8H2,1H3,(H,14,15). The van der Waals surface area contributed by atoms with Crippen molar-refractivity contribution < 1.29 is 9.90 Å². The summed E-state index contributed by atoms with van der Waals surface area (Å²) in [5, 5.41) is 8.55.